The van der Waals surface area contributed by atoms with E-state index < -0.39 is 0 Å². The van der Waals surface area contributed by atoms with Gasteiger partial charge in [0.05, 0.1) is 17.6 Å². The summed E-state index contributed by atoms with van der Waals surface area (Å²) >= 11 is 0. The zero-order valence-electron chi connectivity index (χ0n) is 12.6. The van der Waals surface area contributed by atoms with Gasteiger partial charge in [0.2, 0.25) is 0 Å². The molecule has 0 saturated heterocycles. The number of fused-ring (bicyclic) bond motifs is 1. The van der Waals surface area contributed by atoms with Gasteiger partial charge < -0.3 is 0 Å². The lowest BCUT2D eigenvalue weighted by Gasteiger charge is -2.08. The maximum atomic E-state index is 12.2. The Morgan fingerprint density at radius 1 is 1.19 bits per heavy atom. The zero-order valence-corrected chi connectivity index (χ0v) is 12.6. The summed E-state index contributed by atoms with van der Waals surface area (Å²) < 4.78 is 1.69. The van der Waals surface area contributed by atoms with Crippen LogP contribution >= 0.6 is 0 Å². The van der Waals surface area contributed by atoms with Gasteiger partial charge in [-0.1, -0.05) is 19.9 Å². The highest BCUT2D eigenvalue weighted by Crippen LogP contribution is 2.23. The van der Waals surface area contributed by atoms with Gasteiger partial charge in [-0.3, -0.25) is 4.79 Å². The van der Waals surface area contributed by atoms with Gasteiger partial charge in [-0.05, 0) is 43.0 Å². The van der Waals surface area contributed by atoms with Crippen molar-refractivity contribution >= 4 is 10.9 Å². The molecule has 0 radical (unpaired) electrons. The van der Waals surface area contributed by atoms with Crippen molar-refractivity contribution in [2.75, 3.05) is 0 Å². The van der Waals surface area contributed by atoms with E-state index in [4.69, 9.17) is 0 Å². The van der Waals surface area contributed by atoms with Gasteiger partial charge in [-0.15, -0.1) is 0 Å². The summed E-state index contributed by atoms with van der Waals surface area (Å²) in [6.07, 6.45) is 1.72. The van der Waals surface area contributed by atoms with Crippen molar-refractivity contribution in [2.45, 2.75) is 33.6 Å². The van der Waals surface area contributed by atoms with Crippen LogP contribution in [-0.2, 0) is 0 Å². The van der Waals surface area contributed by atoms with E-state index in [1.165, 1.54) is 11.1 Å². The molecule has 5 heteroatoms. The lowest BCUT2D eigenvalue weighted by Crippen LogP contribution is -2.14. The summed E-state index contributed by atoms with van der Waals surface area (Å²) in [5, 5.41) is 11.9. The highest BCUT2D eigenvalue weighted by Gasteiger charge is 2.15. The smallest absolute Gasteiger partial charge is 0.266 e. The van der Waals surface area contributed by atoms with Crippen LogP contribution in [0.3, 0.4) is 0 Å². The number of rotatable bonds is 2. The quantitative estimate of drug-likeness (QED) is 0.786. The number of benzene rings is 1. The monoisotopic (exact) mass is 282 g/mol. The Morgan fingerprint density at radius 2 is 1.95 bits per heavy atom. The van der Waals surface area contributed by atoms with Gasteiger partial charge in [0, 0.05) is 5.39 Å². The number of nitrogens with one attached hydrogen (secondary N) is 1. The molecule has 0 atom stereocenters. The Hall–Kier alpha value is -2.43. The average Bonchev–Trinajstić information content (AvgIpc) is 2.87. The lowest BCUT2D eigenvalue weighted by molar-refractivity contribution is 0.790. The molecular formula is C16H18N4O. The molecular weight excluding hydrogens is 264 g/mol. The maximum absolute atomic E-state index is 12.2. The Balaban J connectivity index is 2.32. The summed E-state index contributed by atoms with van der Waals surface area (Å²) in [6, 6.07) is 6.05. The van der Waals surface area contributed by atoms with Crippen LogP contribution in [0, 0.1) is 13.8 Å². The maximum Gasteiger partial charge on any atom is 0.290 e. The molecule has 21 heavy (non-hydrogen) atoms. The molecule has 2 aromatic heterocycles. The molecule has 0 unspecified atom stereocenters. The van der Waals surface area contributed by atoms with E-state index in [0.717, 1.165) is 16.8 Å². The average molecular weight is 282 g/mol. The van der Waals surface area contributed by atoms with Gasteiger partial charge in [0.15, 0.2) is 0 Å². The molecule has 5 nitrogen and oxygen atoms in total. The third-order valence-corrected chi connectivity index (χ3v) is 3.82. The van der Waals surface area contributed by atoms with E-state index in [2.05, 4.69) is 29.1 Å². The van der Waals surface area contributed by atoms with Gasteiger partial charge in [-0.2, -0.15) is 10.2 Å². The highest BCUT2D eigenvalue weighted by molar-refractivity contribution is 5.81. The van der Waals surface area contributed by atoms with Crippen LogP contribution < -0.4 is 5.56 Å². The molecule has 0 amide bonds. The summed E-state index contributed by atoms with van der Waals surface area (Å²) in [7, 11) is 0. The van der Waals surface area contributed by atoms with Crippen molar-refractivity contribution in [1.29, 1.82) is 0 Å². The molecule has 0 saturated carbocycles. The van der Waals surface area contributed by atoms with Gasteiger partial charge in [0.1, 0.15) is 5.52 Å². The number of H-pyrrole nitrogens is 1. The normalized spacial score (nSPS) is 11.5. The largest absolute Gasteiger partial charge is 0.290 e. The third kappa shape index (κ3) is 2.14. The molecule has 1 N–H and O–H groups in total. The number of nitrogens with zero attached hydrogens (tertiary/aromatic N) is 3. The van der Waals surface area contributed by atoms with Crippen molar-refractivity contribution in [1.82, 2.24) is 20.0 Å². The second-order valence-electron chi connectivity index (χ2n) is 5.68. The van der Waals surface area contributed by atoms with Crippen LogP contribution in [0.2, 0.25) is 0 Å². The first-order chi connectivity index (χ1) is 9.99. The van der Waals surface area contributed by atoms with Gasteiger partial charge in [0.25, 0.3) is 5.56 Å². The van der Waals surface area contributed by atoms with Crippen LogP contribution in [0.15, 0.2) is 29.2 Å². The van der Waals surface area contributed by atoms with Crippen molar-refractivity contribution < 1.29 is 0 Å². The minimum absolute atomic E-state index is 0.217. The first-order valence-electron chi connectivity index (χ1n) is 7.03. The molecule has 2 heterocycles. The van der Waals surface area contributed by atoms with E-state index in [0.29, 0.717) is 5.52 Å². The Morgan fingerprint density at radius 3 is 2.62 bits per heavy atom. The fourth-order valence-electron chi connectivity index (χ4n) is 2.47. The van der Waals surface area contributed by atoms with E-state index in [1.807, 2.05) is 32.0 Å². The minimum Gasteiger partial charge on any atom is -0.266 e. The van der Waals surface area contributed by atoms with Crippen LogP contribution in [0.4, 0.5) is 0 Å². The standard InChI is InChI=1S/C16H18N4O/c1-9(2)14-13-8-17-20(15(13)16(21)19-18-14)12-6-5-10(3)11(4)7-12/h5-9H,1-4H3,(H,19,21). The predicted molar refractivity (Wildman–Crippen MR) is 83.0 cm³/mol. The van der Waals surface area contributed by atoms with E-state index in [9.17, 15) is 4.79 Å². The summed E-state index contributed by atoms with van der Waals surface area (Å²) in [5.41, 5.74) is 4.47. The molecule has 3 aromatic rings. The Kier molecular flexibility index (Phi) is 3.12. The number of aromatic nitrogens is 4. The molecule has 0 aliphatic carbocycles. The second-order valence-corrected chi connectivity index (χ2v) is 5.68. The van der Waals surface area contributed by atoms with E-state index in [1.54, 1.807) is 10.9 Å². The number of hydrogen-bond donors (Lipinski definition) is 1. The first-order valence-corrected chi connectivity index (χ1v) is 7.03. The van der Waals surface area contributed by atoms with Crippen LogP contribution in [-0.4, -0.2) is 20.0 Å². The van der Waals surface area contributed by atoms with Gasteiger partial charge in [-0.25, -0.2) is 9.78 Å². The summed E-state index contributed by atoms with van der Waals surface area (Å²) in [4.78, 5) is 12.2. The van der Waals surface area contributed by atoms with E-state index in [-0.39, 0.29) is 11.5 Å². The Labute approximate surface area is 122 Å². The summed E-state index contributed by atoms with van der Waals surface area (Å²) in [5.74, 6) is 0.224. The lowest BCUT2D eigenvalue weighted by atomic mass is 10.1. The van der Waals surface area contributed by atoms with Crippen LogP contribution in [0.1, 0.15) is 36.6 Å². The number of aromatic amines is 1. The van der Waals surface area contributed by atoms with Crippen molar-refractivity contribution in [3.05, 3.63) is 51.6 Å². The molecule has 3 rings (SSSR count). The summed E-state index contributed by atoms with van der Waals surface area (Å²) in [6.45, 7) is 8.21. The molecule has 108 valence electrons. The molecule has 0 spiro atoms. The van der Waals surface area contributed by atoms with Crippen molar-refractivity contribution in [2.24, 2.45) is 0 Å². The second kappa shape index (κ2) is 4.84. The van der Waals surface area contributed by atoms with Crippen molar-refractivity contribution in [3.63, 3.8) is 0 Å². The third-order valence-electron chi connectivity index (χ3n) is 3.82. The molecule has 0 fully saturated rings. The predicted octanol–water partition coefficient (Wildman–Crippen LogP) is 2.85. The van der Waals surface area contributed by atoms with E-state index >= 15 is 0 Å². The fourth-order valence-corrected chi connectivity index (χ4v) is 2.47. The first kappa shape index (κ1) is 13.5. The van der Waals surface area contributed by atoms with Crippen LogP contribution in [0.25, 0.3) is 16.6 Å². The Bertz CT molecular complexity index is 874. The molecule has 1 aromatic carbocycles. The topological polar surface area (TPSA) is 63.6 Å². The molecule has 0 aliphatic rings. The SMILES string of the molecule is Cc1ccc(-n2ncc3c(C(C)C)n[nH]c(=O)c32)cc1C. The molecule has 0 aliphatic heterocycles. The highest BCUT2D eigenvalue weighted by atomic mass is 16.1. The van der Waals surface area contributed by atoms with Crippen molar-refractivity contribution in [3.8, 4) is 5.69 Å². The minimum atomic E-state index is -0.217. The molecule has 0 bridgehead atoms. The van der Waals surface area contributed by atoms with Gasteiger partial charge >= 0.3 is 0 Å². The fraction of sp³-hybridized carbons (Fsp3) is 0.312. The van der Waals surface area contributed by atoms with Crippen LogP contribution in [0.5, 0.6) is 0 Å². The zero-order chi connectivity index (χ0) is 15.1. The number of aryl methyl sites for hydroxylation is 2. The number of hydrogen-bond acceptors (Lipinski definition) is 3.